The molecule has 8 rings (SSSR count). The Hall–Kier alpha value is -4.99. The Morgan fingerprint density at radius 2 is 1.41 bits per heavy atom. The molecule has 4 aromatic rings. The van der Waals surface area contributed by atoms with Crippen LogP contribution in [0.25, 0.3) is 0 Å². The first-order valence-electron chi connectivity index (χ1n) is 18.2. The lowest BCUT2D eigenvalue weighted by Gasteiger charge is -2.46. The van der Waals surface area contributed by atoms with Crippen molar-refractivity contribution in [1.82, 2.24) is 9.80 Å². The molecule has 1 spiro atoms. The highest BCUT2D eigenvalue weighted by molar-refractivity contribution is 6.12. The van der Waals surface area contributed by atoms with Crippen LogP contribution in [0.4, 0.5) is 5.69 Å². The smallest absolute Gasteiger partial charge is 0.324 e. The predicted molar refractivity (Wildman–Crippen MR) is 192 cm³/mol. The maximum atomic E-state index is 15.5. The van der Waals surface area contributed by atoms with Crippen molar-refractivity contribution in [3.8, 4) is 5.75 Å². The fraction of sp³-hybridized carbons (Fsp3) is 0.357. The second kappa shape index (κ2) is 14.0. The van der Waals surface area contributed by atoms with Crippen LogP contribution in [-0.2, 0) is 24.5 Å². The number of carbonyl (C=O) groups excluding carboxylic acids is 3. The number of morpholine rings is 1. The number of hydrogen-bond donors (Lipinski definition) is 2. The zero-order valence-corrected chi connectivity index (χ0v) is 28.5. The van der Waals surface area contributed by atoms with Gasteiger partial charge in [-0.15, -0.1) is 0 Å². The molecular weight excluding hydrogens is 642 g/mol. The molecule has 262 valence electrons. The molecule has 2 amide bonds. The minimum absolute atomic E-state index is 0.0376. The third-order valence-corrected chi connectivity index (χ3v) is 11.2. The highest BCUT2D eigenvalue weighted by Crippen LogP contribution is 2.65. The van der Waals surface area contributed by atoms with Crippen LogP contribution >= 0.6 is 0 Å². The molecule has 0 bridgehead atoms. The van der Waals surface area contributed by atoms with E-state index >= 15 is 9.59 Å². The van der Waals surface area contributed by atoms with Crippen LogP contribution in [0, 0.1) is 5.92 Å². The average Bonchev–Trinajstić information content (AvgIpc) is 3.63. The van der Waals surface area contributed by atoms with Gasteiger partial charge in [0.1, 0.15) is 29.9 Å². The highest BCUT2D eigenvalue weighted by Gasteiger charge is 2.74. The van der Waals surface area contributed by atoms with E-state index in [-0.39, 0.29) is 25.0 Å². The third-order valence-electron chi connectivity index (χ3n) is 11.2. The first kappa shape index (κ1) is 33.2. The standard InChI is InChI=1S/C42H43N3O6/c46-26-27-50-33-23-13-10-20-30(33)38-42(31-21-11-12-22-32(31)43-41(42)49)34(39(47)44-24-14-2-1-3-15-25-44)36-40(48)51-37(29-18-8-5-9-19-29)35(45(36)38)28-16-6-4-7-17-28/h4-13,16-23,34-38,46H,1-3,14-15,24-27H2,(H,43,49)/t34-,35-,36-,37+,38+,42-/m1/s1. The van der Waals surface area contributed by atoms with Crippen molar-refractivity contribution in [2.45, 2.75) is 61.7 Å². The number of carbonyl (C=O) groups is 3. The molecule has 9 nitrogen and oxygen atoms in total. The van der Waals surface area contributed by atoms with E-state index in [2.05, 4.69) is 10.2 Å². The number of cyclic esters (lactones) is 1. The summed E-state index contributed by atoms with van der Waals surface area (Å²) < 4.78 is 12.7. The molecule has 4 aliphatic heterocycles. The number of ether oxygens (including phenoxy) is 2. The van der Waals surface area contributed by atoms with Gasteiger partial charge in [-0.05, 0) is 41.7 Å². The van der Waals surface area contributed by atoms with Crippen molar-refractivity contribution in [2.24, 2.45) is 5.92 Å². The van der Waals surface area contributed by atoms with Crippen LogP contribution in [0.1, 0.15) is 72.5 Å². The number of nitrogens with one attached hydrogen (secondary N) is 1. The van der Waals surface area contributed by atoms with Gasteiger partial charge in [0.2, 0.25) is 11.8 Å². The van der Waals surface area contributed by atoms with Gasteiger partial charge in [-0.1, -0.05) is 116 Å². The van der Waals surface area contributed by atoms with Gasteiger partial charge in [-0.3, -0.25) is 19.3 Å². The summed E-state index contributed by atoms with van der Waals surface area (Å²) >= 11 is 0. The topological polar surface area (TPSA) is 108 Å². The van der Waals surface area contributed by atoms with E-state index in [1.54, 1.807) is 0 Å². The van der Waals surface area contributed by atoms with Crippen LogP contribution in [-0.4, -0.2) is 65.0 Å². The molecule has 2 N–H and O–H groups in total. The maximum Gasteiger partial charge on any atom is 0.324 e. The predicted octanol–water partition coefficient (Wildman–Crippen LogP) is 6.12. The number of amides is 2. The van der Waals surface area contributed by atoms with E-state index in [0.29, 0.717) is 35.7 Å². The molecule has 4 aliphatic rings. The van der Waals surface area contributed by atoms with Gasteiger partial charge in [0, 0.05) is 24.3 Å². The summed E-state index contributed by atoms with van der Waals surface area (Å²) in [4.78, 5) is 49.6. The Morgan fingerprint density at radius 1 is 0.784 bits per heavy atom. The third kappa shape index (κ3) is 5.50. The molecular formula is C42H43N3O6. The lowest BCUT2D eigenvalue weighted by Crippen LogP contribution is -2.55. The summed E-state index contributed by atoms with van der Waals surface area (Å²) in [5.41, 5.74) is 2.13. The molecule has 0 unspecified atom stereocenters. The number of aliphatic hydroxyl groups is 1. The average molecular weight is 686 g/mol. The molecule has 0 aliphatic carbocycles. The van der Waals surface area contributed by atoms with Gasteiger partial charge < -0.3 is 24.8 Å². The van der Waals surface area contributed by atoms with Gasteiger partial charge in [0.15, 0.2) is 0 Å². The van der Waals surface area contributed by atoms with Crippen molar-refractivity contribution in [1.29, 1.82) is 0 Å². The first-order chi connectivity index (χ1) is 25.1. The van der Waals surface area contributed by atoms with E-state index in [4.69, 9.17) is 9.47 Å². The summed E-state index contributed by atoms with van der Waals surface area (Å²) in [6.07, 6.45) is 4.15. The molecule has 3 saturated heterocycles. The van der Waals surface area contributed by atoms with Crippen molar-refractivity contribution in [2.75, 3.05) is 31.6 Å². The minimum atomic E-state index is -1.53. The first-order valence-corrected chi connectivity index (χ1v) is 18.2. The zero-order chi connectivity index (χ0) is 35.0. The number of para-hydroxylation sites is 2. The Kier molecular flexibility index (Phi) is 9.08. The number of esters is 1. The molecule has 0 radical (unpaired) electrons. The molecule has 3 fully saturated rings. The van der Waals surface area contributed by atoms with Crippen LogP contribution in [0.15, 0.2) is 109 Å². The van der Waals surface area contributed by atoms with Crippen molar-refractivity contribution in [3.63, 3.8) is 0 Å². The summed E-state index contributed by atoms with van der Waals surface area (Å²) in [6.45, 7) is 0.957. The lowest BCUT2D eigenvalue weighted by molar-refractivity contribution is -0.179. The molecule has 4 heterocycles. The van der Waals surface area contributed by atoms with Crippen LogP contribution in [0.3, 0.4) is 0 Å². The van der Waals surface area contributed by atoms with Gasteiger partial charge in [0.25, 0.3) is 0 Å². The fourth-order valence-electron chi connectivity index (χ4n) is 9.16. The maximum absolute atomic E-state index is 15.5. The number of benzene rings is 4. The lowest BCUT2D eigenvalue weighted by atomic mass is 9.65. The zero-order valence-electron chi connectivity index (χ0n) is 28.5. The molecule has 6 atom stereocenters. The summed E-state index contributed by atoms with van der Waals surface area (Å²) in [5.74, 6) is -1.70. The Bertz CT molecular complexity index is 1900. The van der Waals surface area contributed by atoms with Crippen LogP contribution in [0.5, 0.6) is 5.75 Å². The molecule has 51 heavy (non-hydrogen) atoms. The number of anilines is 1. The minimum Gasteiger partial charge on any atom is -0.491 e. The number of likely N-dealkylation sites (tertiary alicyclic amines) is 1. The van der Waals surface area contributed by atoms with Crippen LogP contribution in [0.2, 0.25) is 0 Å². The molecule has 9 heteroatoms. The normalized spacial score (nSPS) is 27.5. The van der Waals surface area contributed by atoms with Gasteiger partial charge in [0.05, 0.1) is 24.6 Å². The largest absolute Gasteiger partial charge is 0.491 e. The number of hydrogen-bond acceptors (Lipinski definition) is 7. The van der Waals surface area contributed by atoms with Crippen molar-refractivity contribution >= 4 is 23.5 Å². The van der Waals surface area contributed by atoms with E-state index in [0.717, 1.165) is 43.2 Å². The summed E-state index contributed by atoms with van der Waals surface area (Å²) in [5, 5.41) is 13.0. The number of aliphatic hydroxyl groups excluding tert-OH is 1. The van der Waals surface area contributed by atoms with E-state index in [9.17, 15) is 9.90 Å². The summed E-state index contributed by atoms with van der Waals surface area (Å²) in [7, 11) is 0. The second-order valence-corrected chi connectivity index (χ2v) is 14.0. The molecule has 4 aromatic carbocycles. The molecule has 0 saturated carbocycles. The summed E-state index contributed by atoms with van der Waals surface area (Å²) in [6, 6.07) is 32.1. The fourth-order valence-corrected chi connectivity index (χ4v) is 9.16. The second-order valence-electron chi connectivity index (χ2n) is 14.0. The molecule has 0 aromatic heterocycles. The number of nitrogens with zero attached hydrogens (tertiary/aromatic N) is 2. The van der Waals surface area contributed by atoms with Gasteiger partial charge in [-0.25, -0.2) is 0 Å². The van der Waals surface area contributed by atoms with Gasteiger partial charge in [-0.2, -0.15) is 0 Å². The Labute approximate surface area is 298 Å². The monoisotopic (exact) mass is 685 g/mol. The van der Waals surface area contributed by atoms with Crippen molar-refractivity contribution in [3.05, 3.63) is 131 Å². The van der Waals surface area contributed by atoms with Crippen LogP contribution < -0.4 is 10.1 Å². The number of fused-ring (bicyclic) bond motifs is 3. The highest BCUT2D eigenvalue weighted by atomic mass is 16.6. The Balaban J connectivity index is 1.43. The van der Waals surface area contributed by atoms with E-state index < -0.39 is 41.5 Å². The Morgan fingerprint density at radius 3 is 2.14 bits per heavy atom. The van der Waals surface area contributed by atoms with Gasteiger partial charge >= 0.3 is 5.97 Å². The number of rotatable bonds is 7. The SMILES string of the molecule is O=C1O[C@@H](c2ccccc2)[C@@H](c2ccccc2)N2[C@@H](c3ccccc3OCCO)[C@]3(C(=O)Nc4ccccc43)[C@@H](C(=O)N3CCCCCCC3)[C@H]12. The quantitative estimate of drug-likeness (QED) is 0.226. The van der Waals surface area contributed by atoms with E-state index in [1.165, 1.54) is 0 Å². The van der Waals surface area contributed by atoms with E-state index in [1.807, 2.05) is 114 Å². The van der Waals surface area contributed by atoms with Crippen molar-refractivity contribution < 1.29 is 29.0 Å².